The second-order valence-electron chi connectivity index (χ2n) is 4.82. The molecule has 1 N–H and O–H groups in total. The minimum Gasteiger partial charge on any atom is -0.481 e. The molecular weight excluding hydrogens is 284 g/mol. The highest BCUT2D eigenvalue weighted by Gasteiger charge is 2.17. The zero-order valence-corrected chi connectivity index (χ0v) is 12.4. The monoisotopic (exact) mass is 302 g/mol. The lowest BCUT2D eigenvalue weighted by molar-refractivity contribution is -0.137. The van der Waals surface area contributed by atoms with Gasteiger partial charge < -0.3 is 10.0 Å². The number of hydrogen-bond donors (Lipinski definition) is 1. The Morgan fingerprint density at radius 1 is 1.26 bits per heavy atom. The van der Waals surface area contributed by atoms with E-state index in [9.17, 15) is 4.79 Å². The van der Waals surface area contributed by atoms with Crippen LogP contribution in [0.1, 0.15) is 17.7 Å². The molecule has 6 heteroatoms. The molecule has 0 spiro atoms. The maximum absolute atomic E-state index is 10.5. The van der Waals surface area contributed by atoms with Crippen molar-refractivity contribution in [1.82, 2.24) is 9.80 Å². The van der Waals surface area contributed by atoms with Crippen molar-refractivity contribution in [3.8, 4) is 0 Å². The van der Waals surface area contributed by atoms with Crippen LogP contribution in [0.4, 0.5) is 0 Å². The van der Waals surface area contributed by atoms with E-state index < -0.39 is 5.97 Å². The fraction of sp³-hybridized carbons (Fsp3) is 0.615. The SMILES string of the molecule is O=C(O)CCCN1CCN(Cc2ccc(Cl)s2)CC1. The minimum atomic E-state index is -0.701. The first-order valence-corrected chi connectivity index (χ1v) is 7.73. The summed E-state index contributed by atoms with van der Waals surface area (Å²) in [6.07, 6.45) is 1.02. The molecule has 1 fully saturated rings. The van der Waals surface area contributed by atoms with Crippen LogP contribution in [-0.4, -0.2) is 53.6 Å². The van der Waals surface area contributed by atoms with Gasteiger partial charge in [-0.2, -0.15) is 0 Å². The van der Waals surface area contributed by atoms with Gasteiger partial charge in [0.15, 0.2) is 0 Å². The van der Waals surface area contributed by atoms with Crippen molar-refractivity contribution in [3.05, 3.63) is 21.3 Å². The van der Waals surface area contributed by atoms with E-state index >= 15 is 0 Å². The summed E-state index contributed by atoms with van der Waals surface area (Å²) < 4.78 is 0.849. The zero-order chi connectivity index (χ0) is 13.7. The molecular formula is C13H19ClN2O2S. The quantitative estimate of drug-likeness (QED) is 0.876. The van der Waals surface area contributed by atoms with Crippen LogP contribution in [0.3, 0.4) is 0 Å². The lowest BCUT2D eigenvalue weighted by Gasteiger charge is -2.34. The standard InChI is InChI=1S/C13H19ClN2O2S/c14-12-4-3-11(19-12)10-16-8-6-15(7-9-16)5-1-2-13(17)18/h3-4H,1-2,5-10H2,(H,17,18). The molecule has 1 aliphatic rings. The first-order valence-electron chi connectivity index (χ1n) is 6.54. The van der Waals surface area contributed by atoms with Gasteiger partial charge in [0.1, 0.15) is 0 Å². The summed E-state index contributed by atoms with van der Waals surface area (Å²) >= 11 is 7.57. The van der Waals surface area contributed by atoms with Gasteiger partial charge in [-0.05, 0) is 25.1 Å². The number of aliphatic carboxylic acids is 1. The number of piperazine rings is 1. The van der Waals surface area contributed by atoms with E-state index in [0.29, 0.717) is 0 Å². The van der Waals surface area contributed by atoms with Crippen LogP contribution in [0, 0.1) is 0 Å². The highest BCUT2D eigenvalue weighted by Crippen LogP contribution is 2.23. The van der Waals surface area contributed by atoms with Crippen LogP contribution >= 0.6 is 22.9 Å². The number of halogens is 1. The maximum atomic E-state index is 10.5. The Labute approximate surface area is 122 Å². The third kappa shape index (κ3) is 5.10. The van der Waals surface area contributed by atoms with E-state index in [1.807, 2.05) is 6.07 Å². The van der Waals surface area contributed by atoms with Gasteiger partial charge in [0.2, 0.25) is 0 Å². The van der Waals surface area contributed by atoms with Gasteiger partial charge >= 0.3 is 5.97 Å². The number of carboxylic acid groups (broad SMARTS) is 1. The maximum Gasteiger partial charge on any atom is 0.303 e. The van der Waals surface area contributed by atoms with Gasteiger partial charge in [0.05, 0.1) is 4.34 Å². The predicted molar refractivity (Wildman–Crippen MR) is 77.9 cm³/mol. The number of rotatable bonds is 6. The Kier molecular flexibility index (Phi) is 5.63. The summed E-state index contributed by atoms with van der Waals surface area (Å²) in [6, 6.07) is 4.04. The minimum absolute atomic E-state index is 0.272. The number of hydrogen-bond acceptors (Lipinski definition) is 4. The Hall–Kier alpha value is -0.620. The van der Waals surface area contributed by atoms with E-state index in [0.717, 1.165) is 50.0 Å². The van der Waals surface area contributed by atoms with E-state index in [1.54, 1.807) is 11.3 Å². The molecule has 0 bridgehead atoms. The van der Waals surface area contributed by atoms with Crippen molar-refractivity contribution < 1.29 is 9.90 Å². The molecule has 1 aromatic heterocycles. The van der Waals surface area contributed by atoms with Crippen LogP contribution in [0.15, 0.2) is 12.1 Å². The molecule has 0 amide bonds. The van der Waals surface area contributed by atoms with Gasteiger partial charge in [-0.15, -0.1) is 11.3 Å². The first-order chi connectivity index (χ1) is 9.13. The Balaban J connectivity index is 1.66. The lowest BCUT2D eigenvalue weighted by Crippen LogP contribution is -2.46. The predicted octanol–water partition coefficient (Wildman–Crippen LogP) is 2.38. The zero-order valence-electron chi connectivity index (χ0n) is 10.8. The van der Waals surface area contributed by atoms with Gasteiger partial charge in [0, 0.05) is 44.0 Å². The van der Waals surface area contributed by atoms with Crippen molar-refractivity contribution in [2.24, 2.45) is 0 Å². The smallest absolute Gasteiger partial charge is 0.303 e. The van der Waals surface area contributed by atoms with Crippen LogP contribution in [0.5, 0.6) is 0 Å². The van der Waals surface area contributed by atoms with Crippen LogP contribution in [-0.2, 0) is 11.3 Å². The van der Waals surface area contributed by atoms with E-state index in [4.69, 9.17) is 16.7 Å². The van der Waals surface area contributed by atoms with Crippen molar-refractivity contribution in [3.63, 3.8) is 0 Å². The van der Waals surface area contributed by atoms with Crippen LogP contribution < -0.4 is 0 Å². The van der Waals surface area contributed by atoms with E-state index in [1.165, 1.54) is 4.88 Å². The number of thiophene rings is 1. The molecule has 2 heterocycles. The molecule has 0 atom stereocenters. The normalized spacial score (nSPS) is 17.7. The molecule has 1 aliphatic heterocycles. The summed E-state index contributed by atoms with van der Waals surface area (Å²) in [5.74, 6) is -0.701. The number of nitrogens with zero attached hydrogens (tertiary/aromatic N) is 2. The Morgan fingerprint density at radius 2 is 1.95 bits per heavy atom. The molecule has 1 aromatic rings. The van der Waals surface area contributed by atoms with Crippen molar-refractivity contribution >= 4 is 28.9 Å². The molecule has 2 rings (SSSR count). The molecule has 1 saturated heterocycles. The third-order valence-corrected chi connectivity index (χ3v) is 4.55. The third-order valence-electron chi connectivity index (χ3n) is 3.34. The molecule has 0 saturated carbocycles. The van der Waals surface area contributed by atoms with E-state index in [2.05, 4.69) is 15.9 Å². The Morgan fingerprint density at radius 3 is 2.53 bits per heavy atom. The van der Waals surface area contributed by atoms with Crippen LogP contribution in [0.2, 0.25) is 4.34 Å². The van der Waals surface area contributed by atoms with Crippen molar-refractivity contribution in [1.29, 1.82) is 0 Å². The second kappa shape index (κ2) is 7.24. The van der Waals surface area contributed by atoms with Crippen molar-refractivity contribution in [2.45, 2.75) is 19.4 Å². The van der Waals surface area contributed by atoms with Gasteiger partial charge in [0.25, 0.3) is 0 Å². The summed E-state index contributed by atoms with van der Waals surface area (Å²) in [5, 5.41) is 8.61. The average Bonchev–Trinajstić information content (AvgIpc) is 2.77. The fourth-order valence-electron chi connectivity index (χ4n) is 2.28. The van der Waals surface area contributed by atoms with E-state index in [-0.39, 0.29) is 6.42 Å². The van der Waals surface area contributed by atoms with Crippen LogP contribution in [0.25, 0.3) is 0 Å². The highest BCUT2D eigenvalue weighted by atomic mass is 35.5. The number of carboxylic acids is 1. The molecule has 0 radical (unpaired) electrons. The molecule has 19 heavy (non-hydrogen) atoms. The molecule has 106 valence electrons. The van der Waals surface area contributed by atoms with Crippen molar-refractivity contribution in [2.75, 3.05) is 32.7 Å². The first kappa shape index (κ1) is 14.8. The highest BCUT2D eigenvalue weighted by molar-refractivity contribution is 7.16. The fourth-order valence-corrected chi connectivity index (χ4v) is 3.41. The molecule has 0 aromatic carbocycles. The molecule has 4 nitrogen and oxygen atoms in total. The topological polar surface area (TPSA) is 43.8 Å². The average molecular weight is 303 g/mol. The summed E-state index contributed by atoms with van der Waals surface area (Å²) in [6.45, 7) is 6.01. The molecule has 0 aliphatic carbocycles. The van der Waals surface area contributed by atoms with Gasteiger partial charge in [-0.1, -0.05) is 11.6 Å². The number of carbonyl (C=O) groups is 1. The molecule has 0 unspecified atom stereocenters. The largest absolute Gasteiger partial charge is 0.481 e. The second-order valence-corrected chi connectivity index (χ2v) is 6.62. The summed E-state index contributed by atoms with van der Waals surface area (Å²) in [7, 11) is 0. The summed E-state index contributed by atoms with van der Waals surface area (Å²) in [5.41, 5.74) is 0. The van der Waals surface area contributed by atoms with Gasteiger partial charge in [-0.3, -0.25) is 9.69 Å². The van der Waals surface area contributed by atoms with Gasteiger partial charge in [-0.25, -0.2) is 0 Å². The summed E-state index contributed by atoms with van der Waals surface area (Å²) in [4.78, 5) is 16.5. The Bertz CT molecular complexity index is 417. The lowest BCUT2D eigenvalue weighted by atomic mass is 10.2.